The topological polar surface area (TPSA) is 174 Å². The van der Waals surface area contributed by atoms with E-state index in [9.17, 15) is 39.9 Å². The van der Waals surface area contributed by atoms with Gasteiger partial charge in [0.25, 0.3) is 0 Å². The molecule has 2 aliphatic carbocycles. The molecule has 1 fully saturated rings. The van der Waals surface area contributed by atoms with Crippen molar-refractivity contribution in [3.05, 3.63) is 28.8 Å². The number of halogens is 1. The molecule has 5 atom stereocenters. The number of alkyl halides is 1. The number of hydrogen-bond acceptors (Lipinski definition) is 9. The Morgan fingerprint density at radius 1 is 1.27 bits per heavy atom. The number of rotatable bonds is 7. The number of ether oxygens (including phenoxy) is 1. The van der Waals surface area contributed by atoms with E-state index in [2.05, 4.69) is 5.32 Å². The third kappa shape index (κ3) is 3.81. The summed E-state index contributed by atoms with van der Waals surface area (Å²) in [6.07, 6.45) is -2.03. The van der Waals surface area contributed by atoms with Crippen LogP contribution in [0.1, 0.15) is 30.4 Å². The normalized spacial score (nSPS) is 28.8. The molecule has 0 spiro atoms. The van der Waals surface area contributed by atoms with Crippen LogP contribution in [-0.4, -0.2) is 80.9 Å². The molecule has 33 heavy (non-hydrogen) atoms. The van der Waals surface area contributed by atoms with Gasteiger partial charge in [0.1, 0.15) is 17.4 Å². The molecule has 180 valence electrons. The van der Waals surface area contributed by atoms with Gasteiger partial charge in [0.05, 0.1) is 36.5 Å². The quantitative estimate of drug-likeness (QED) is 0.183. The second kappa shape index (κ2) is 9.40. The van der Waals surface area contributed by atoms with Gasteiger partial charge in [-0.1, -0.05) is 13.0 Å². The molecule has 0 radical (unpaired) electrons. The summed E-state index contributed by atoms with van der Waals surface area (Å²) >= 11 is 5.49. The summed E-state index contributed by atoms with van der Waals surface area (Å²) in [6.45, 7) is 0.689. The zero-order valence-electron chi connectivity index (χ0n) is 18.0. The second-order valence-electron chi connectivity index (χ2n) is 8.23. The number of ketones is 2. The summed E-state index contributed by atoms with van der Waals surface area (Å²) in [4.78, 5) is 37.9. The van der Waals surface area contributed by atoms with E-state index in [1.54, 1.807) is 6.92 Å². The molecule has 6 N–H and O–H groups in total. The lowest BCUT2D eigenvalue weighted by molar-refractivity contribution is -0.173. The molecular weight excluding hydrogens is 458 g/mol. The maximum absolute atomic E-state index is 13.5. The van der Waals surface area contributed by atoms with E-state index in [0.717, 1.165) is 0 Å². The van der Waals surface area contributed by atoms with Crippen LogP contribution in [-0.2, 0) is 19.1 Å². The summed E-state index contributed by atoms with van der Waals surface area (Å²) in [5.74, 6) is -7.42. The Morgan fingerprint density at radius 3 is 2.52 bits per heavy atom. The van der Waals surface area contributed by atoms with Crippen molar-refractivity contribution in [3.8, 4) is 5.75 Å². The highest BCUT2D eigenvalue weighted by Crippen LogP contribution is 2.53. The summed E-state index contributed by atoms with van der Waals surface area (Å²) < 4.78 is 5.06. The predicted octanol–water partition coefficient (Wildman–Crippen LogP) is 0.461. The average molecular weight is 484 g/mol. The Morgan fingerprint density at radius 2 is 1.94 bits per heavy atom. The molecule has 0 bridgehead atoms. The Kier molecular flexibility index (Phi) is 7.15. The van der Waals surface area contributed by atoms with E-state index in [1.807, 2.05) is 0 Å². The number of amides is 1. The van der Waals surface area contributed by atoms with Crippen molar-refractivity contribution in [3.63, 3.8) is 0 Å². The number of aliphatic hydroxyl groups excluding tert-OH is 3. The standard InChI is InChI=1S/C22H26ClNO9/c1-9-10-3-4-12(24-14(27)7-23)19(29)16(10)20(30)17-15(9)18(28)11(8-33-2)22(32,21(17)31)13(26)5-6-25/h3-4,9,11,15,18,25,28-30,32H,5-8H2,1-2H3,(H,24,27)/t9-,11?,15?,18+,22+/m0/s1. The van der Waals surface area contributed by atoms with Gasteiger partial charge in [0, 0.05) is 25.0 Å². The molecule has 0 saturated heterocycles. The molecule has 0 aliphatic heterocycles. The average Bonchev–Trinajstić information content (AvgIpc) is 2.78. The van der Waals surface area contributed by atoms with Gasteiger partial charge in [-0.25, -0.2) is 0 Å². The van der Waals surface area contributed by atoms with Crippen molar-refractivity contribution in [2.45, 2.75) is 31.0 Å². The number of benzene rings is 1. The van der Waals surface area contributed by atoms with Gasteiger partial charge in [0.2, 0.25) is 11.7 Å². The van der Waals surface area contributed by atoms with Gasteiger partial charge in [-0.15, -0.1) is 11.6 Å². The van der Waals surface area contributed by atoms with Crippen molar-refractivity contribution in [2.24, 2.45) is 11.8 Å². The molecule has 10 nitrogen and oxygen atoms in total. The minimum atomic E-state index is -2.75. The number of nitrogens with one attached hydrogen (secondary N) is 1. The van der Waals surface area contributed by atoms with E-state index < -0.39 is 77.0 Å². The van der Waals surface area contributed by atoms with Gasteiger partial charge in [-0.05, 0) is 17.5 Å². The molecule has 1 saturated carbocycles. The second-order valence-corrected chi connectivity index (χ2v) is 8.50. The van der Waals surface area contributed by atoms with Gasteiger partial charge in [0.15, 0.2) is 11.4 Å². The van der Waals surface area contributed by atoms with Gasteiger partial charge >= 0.3 is 0 Å². The van der Waals surface area contributed by atoms with E-state index in [-0.39, 0.29) is 23.7 Å². The van der Waals surface area contributed by atoms with Crippen LogP contribution >= 0.6 is 11.6 Å². The number of methoxy groups -OCH3 is 1. The molecule has 1 amide bonds. The highest BCUT2D eigenvalue weighted by molar-refractivity contribution is 6.29. The third-order valence-electron chi connectivity index (χ3n) is 6.48. The number of carbonyl (C=O) groups excluding carboxylic acids is 3. The number of fused-ring (bicyclic) bond motifs is 2. The van der Waals surface area contributed by atoms with Crippen LogP contribution in [0.4, 0.5) is 5.69 Å². The van der Waals surface area contributed by atoms with Gasteiger partial charge < -0.3 is 35.6 Å². The number of phenols is 1. The number of anilines is 1. The number of phenolic OH excluding ortho intramolecular Hbond substituents is 1. The monoisotopic (exact) mass is 483 g/mol. The van der Waals surface area contributed by atoms with Crippen LogP contribution in [0.25, 0.3) is 5.76 Å². The van der Waals surface area contributed by atoms with E-state index in [0.29, 0.717) is 5.56 Å². The minimum absolute atomic E-state index is 0.0649. The van der Waals surface area contributed by atoms with Crippen molar-refractivity contribution < 1.29 is 44.7 Å². The third-order valence-corrected chi connectivity index (χ3v) is 6.72. The lowest BCUT2D eigenvalue weighted by Gasteiger charge is -2.48. The zero-order chi connectivity index (χ0) is 24.7. The van der Waals surface area contributed by atoms with Crippen LogP contribution in [0.15, 0.2) is 17.7 Å². The van der Waals surface area contributed by atoms with Crippen molar-refractivity contribution in [1.29, 1.82) is 0 Å². The molecule has 11 heteroatoms. The van der Waals surface area contributed by atoms with Crippen molar-refractivity contribution >= 4 is 40.5 Å². The van der Waals surface area contributed by atoms with Crippen molar-refractivity contribution in [1.82, 2.24) is 0 Å². The van der Waals surface area contributed by atoms with Crippen LogP contribution in [0.3, 0.4) is 0 Å². The molecule has 1 aromatic rings. The summed E-state index contributed by atoms with van der Waals surface area (Å²) in [5.41, 5.74) is -3.01. The molecule has 2 unspecified atom stereocenters. The zero-order valence-corrected chi connectivity index (χ0v) is 18.8. The van der Waals surface area contributed by atoms with Crippen LogP contribution < -0.4 is 5.32 Å². The van der Waals surface area contributed by atoms with Gasteiger partial charge in [-0.3, -0.25) is 14.4 Å². The van der Waals surface area contributed by atoms with Crippen molar-refractivity contribution in [2.75, 3.05) is 31.5 Å². The summed E-state index contributed by atoms with van der Waals surface area (Å²) in [7, 11) is 1.28. The fourth-order valence-corrected chi connectivity index (χ4v) is 4.94. The molecule has 2 aliphatic rings. The van der Waals surface area contributed by atoms with E-state index in [1.165, 1.54) is 19.2 Å². The number of Topliss-reactive ketones (excluding diaryl/α,β-unsaturated/α-hetero) is 2. The van der Waals surface area contributed by atoms with Gasteiger partial charge in [-0.2, -0.15) is 0 Å². The molecule has 0 aromatic heterocycles. The first-order valence-electron chi connectivity index (χ1n) is 10.3. The lowest BCUT2D eigenvalue weighted by Crippen LogP contribution is -2.65. The minimum Gasteiger partial charge on any atom is -0.507 e. The number of carbonyl (C=O) groups is 3. The fourth-order valence-electron chi connectivity index (χ4n) is 4.88. The Bertz CT molecular complexity index is 1020. The fraction of sp³-hybridized carbons (Fsp3) is 0.500. The highest BCUT2D eigenvalue weighted by Gasteiger charge is 2.62. The smallest absolute Gasteiger partial charge is 0.239 e. The largest absolute Gasteiger partial charge is 0.507 e. The first-order chi connectivity index (χ1) is 15.6. The molecular formula is C22H26ClNO9. The number of aliphatic hydroxyl groups is 4. The van der Waals surface area contributed by atoms with E-state index in [4.69, 9.17) is 16.3 Å². The highest BCUT2D eigenvalue weighted by atomic mass is 35.5. The predicted molar refractivity (Wildman–Crippen MR) is 117 cm³/mol. The summed E-state index contributed by atoms with van der Waals surface area (Å²) in [6, 6.07) is 2.93. The van der Waals surface area contributed by atoms with Crippen LogP contribution in [0, 0.1) is 11.8 Å². The van der Waals surface area contributed by atoms with Crippen LogP contribution in [0.5, 0.6) is 5.75 Å². The molecule has 1 aromatic carbocycles. The Balaban J connectivity index is 2.24. The van der Waals surface area contributed by atoms with Crippen LogP contribution in [0.2, 0.25) is 0 Å². The Labute approximate surface area is 194 Å². The maximum atomic E-state index is 13.5. The maximum Gasteiger partial charge on any atom is 0.239 e. The number of aromatic hydroxyl groups is 1. The lowest BCUT2D eigenvalue weighted by atomic mass is 9.58. The SMILES string of the molecule is COCC1[C@@H](O)C2C(=C(O)c3c(ccc(NC(=O)CCl)c3O)[C@@H]2C)C(=O)[C@]1(O)C(=O)CCO. The molecule has 0 heterocycles. The first kappa shape index (κ1) is 25.1. The number of hydrogen-bond donors (Lipinski definition) is 6. The summed E-state index contributed by atoms with van der Waals surface area (Å²) in [5, 5.41) is 55.8. The first-order valence-corrected chi connectivity index (χ1v) is 10.8. The molecule has 3 rings (SSSR count). The Hall–Kier alpha value is -2.50. The van der Waals surface area contributed by atoms with E-state index >= 15 is 0 Å².